The van der Waals surface area contributed by atoms with Gasteiger partial charge in [0.25, 0.3) is 0 Å². The van der Waals surface area contributed by atoms with Gasteiger partial charge in [0.2, 0.25) is 0 Å². The van der Waals surface area contributed by atoms with Crippen molar-refractivity contribution in [1.29, 1.82) is 0 Å². The first-order valence-electron chi connectivity index (χ1n) is 9.61. The van der Waals surface area contributed by atoms with E-state index in [9.17, 15) is 0 Å². The maximum atomic E-state index is 4.35. The highest BCUT2D eigenvalue weighted by Crippen LogP contribution is 2.17. The van der Waals surface area contributed by atoms with Crippen LogP contribution < -0.4 is 10.6 Å². The van der Waals surface area contributed by atoms with E-state index in [0.717, 1.165) is 19.0 Å². The maximum Gasteiger partial charge on any atom is 0.191 e. The van der Waals surface area contributed by atoms with E-state index >= 15 is 0 Å². The average Bonchev–Trinajstić information content (AvgIpc) is 3.14. The van der Waals surface area contributed by atoms with E-state index in [4.69, 9.17) is 0 Å². The first-order valence-corrected chi connectivity index (χ1v) is 9.61. The van der Waals surface area contributed by atoms with Crippen molar-refractivity contribution in [3.8, 4) is 0 Å². The van der Waals surface area contributed by atoms with Crippen molar-refractivity contribution in [3.05, 3.63) is 35.4 Å². The molecule has 2 aliphatic rings. The topological polar surface area (TPSA) is 39.7 Å². The van der Waals surface area contributed by atoms with Crippen LogP contribution in [0, 0.1) is 0 Å². The molecule has 0 atom stereocenters. The van der Waals surface area contributed by atoms with Gasteiger partial charge >= 0.3 is 0 Å². The molecule has 0 bridgehead atoms. The lowest BCUT2D eigenvalue weighted by atomic mass is 10.1. The van der Waals surface area contributed by atoms with Crippen molar-refractivity contribution in [1.82, 2.24) is 15.5 Å². The number of nitrogens with zero attached hydrogens (tertiary/aromatic N) is 2. The second-order valence-corrected chi connectivity index (χ2v) is 7.20. The summed E-state index contributed by atoms with van der Waals surface area (Å²) in [4.78, 5) is 6.92. The molecule has 24 heavy (non-hydrogen) atoms. The first-order chi connectivity index (χ1) is 11.8. The summed E-state index contributed by atoms with van der Waals surface area (Å²) in [6, 6.07) is 9.64. The van der Waals surface area contributed by atoms with Crippen LogP contribution in [-0.2, 0) is 13.1 Å². The van der Waals surface area contributed by atoms with Crippen molar-refractivity contribution in [2.45, 2.75) is 64.1 Å². The van der Waals surface area contributed by atoms with Crippen LogP contribution in [0.3, 0.4) is 0 Å². The lowest BCUT2D eigenvalue weighted by molar-refractivity contribution is 0.221. The minimum absolute atomic E-state index is 0.600. The predicted octanol–water partition coefficient (Wildman–Crippen LogP) is 3.28. The fourth-order valence-electron chi connectivity index (χ4n) is 3.78. The molecule has 4 nitrogen and oxygen atoms in total. The van der Waals surface area contributed by atoms with E-state index in [1.165, 1.54) is 69.2 Å². The van der Waals surface area contributed by atoms with E-state index in [2.05, 4.69) is 44.8 Å². The minimum Gasteiger partial charge on any atom is -0.354 e. The van der Waals surface area contributed by atoms with E-state index in [1.807, 2.05) is 7.05 Å². The molecule has 0 spiro atoms. The molecule has 1 heterocycles. The Morgan fingerprint density at radius 3 is 2.33 bits per heavy atom. The van der Waals surface area contributed by atoms with Gasteiger partial charge in [0.15, 0.2) is 5.96 Å². The Labute approximate surface area is 146 Å². The van der Waals surface area contributed by atoms with Gasteiger partial charge in [-0.15, -0.1) is 0 Å². The molecule has 132 valence electrons. The average molecular weight is 329 g/mol. The van der Waals surface area contributed by atoms with E-state index in [1.54, 1.807) is 0 Å². The predicted molar refractivity (Wildman–Crippen MR) is 101 cm³/mol. The lowest BCUT2D eigenvalue weighted by Gasteiger charge is -2.26. The van der Waals surface area contributed by atoms with Gasteiger partial charge in [0.1, 0.15) is 0 Å². The molecular formula is C20H32N4. The standard InChI is InChI=1S/C20H32N4/c1-21-20(23-19-7-3-4-8-19)22-15-17-9-11-18(12-10-17)16-24-13-5-2-6-14-24/h9-12,19H,2-8,13-16H2,1H3,(H2,21,22,23). The number of hydrogen-bond acceptors (Lipinski definition) is 2. The van der Waals surface area contributed by atoms with Gasteiger partial charge in [-0.25, -0.2) is 0 Å². The summed E-state index contributed by atoms with van der Waals surface area (Å²) in [5.74, 6) is 0.930. The first kappa shape index (κ1) is 17.3. The number of aliphatic imine (C=N–C) groups is 1. The fraction of sp³-hybridized carbons (Fsp3) is 0.650. The van der Waals surface area contributed by atoms with Crippen LogP contribution in [0.25, 0.3) is 0 Å². The zero-order chi connectivity index (χ0) is 16.6. The molecule has 1 saturated carbocycles. The highest BCUT2D eigenvalue weighted by Gasteiger charge is 2.15. The van der Waals surface area contributed by atoms with Crippen LogP contribution in [0.15, 0.2) is 29.3 Å². The van der Waals surface area contributed by atoms with Crippen molar-refractivity contribution >= 4 is 5.96 Å². The fourth-order valence-corrected chi connectivity index (χ4v) is 3.78. The van der Waals surface area contributed by atoms with Crippen LogP contribution in [0.1, 0.15) is 56.1 Å². The van der Waals surface area contributed by atoms with E-state index < -0.39 is 0 Å². The van der Waals surface area contributed by atoms with Crippen molar-refractivity contribution in [3.63, 3.8) is 0 Å². The maximum absolute atomic E-state index is 4.35. The molecule has 0 amide bonds. The van der Waals surface area contributed by atoms with Gasteiger partial charge in [-0.05, 0) is 49.9 Å². The highest BCUT2D eigenvalue weighted by atomic mass is 15.2. The third-order valence-electron chi connectivity index (χ3n) is 5.26. The Kier molecular flexibility index (Phi) is 6.53. The van der Waals surface area contributed by atoms with Gasteiger partial charge in [0.05, 0.1) is 0 Å². The summed E-state index contributed by atoms with van der Waals surface area (Å²) in [5, 5.41) is 6.98. The Balaban J connectivity index is 1.44. The number of nitrogens with one attached hydrogen (secondary N) is 2. The number of piperidine rings is 1. The molecular weight excluding hydrogens is 296 g/mol. The Hall–Kier alpha value is -1.55. The van der Waals surface area contributed by atoms with Gasteiger partial charge in [-0.3, -0.25) is 9.89 Å². The van der Waals surface area contributed by atoms with Gasteiger partial charge < -0.3 is 10.6 Å². The highest BCUT2D eigenvalue weighted by molar-refractivity contribution is 5.79. The summed E-state index contributed by atoms with van der Waals surface area (Å²) < 4.78 is 0. The minimum atomic E-state index is 0.600. The zero-order valence-corrected chi connectivity index (χ0v) is 15.1. The Morgan fingerprint density at radius 1 is 1.00 bits per heavy atom. The van der Waals surface area contributed by atoms with E-state index in [0.29, 0.717) is 6.04 Å². The molecule has 1 aliphatic carbocycles. The summed E-state index contributed by atoms with van der Waals surface area (Å²) >= 11 is 0. The van der Waals surface area contributed by atoms with Crippen molar-refractivity contribution in [2.24, 2.45) is 4.99 Å². The smallest absolute Gasteiger partial charge is 0.191 e. The molecule has 1 aliphatic heterocycles. The number of hydrogen-bond donors (Lipinski definition) is 2. The number of likely N-dealkylation sites (tertiary alicyclic amines) is 1. The SMILES string of the molecule is CN=C(NCc1ccc(CN2CCCCC2)cc1)NC1CCCC1. The van der Waals surface area contributed by atoms with Crippen LogP contribution in [0.5, 0.6) is 0 Å². The largest absolute Gasteiger partial charge is 0.354 e. The quantitative estimate of drug-likeness (QED) is 0.644. The van der Waals surface area contributed by atoms with Crippen LogP contribution >= 0.6 is 0 Å². The molecule has 0 aromatic heterocycles. The summed E-state index contributed by atoms with van der Waals surface area (Å²) in [7, 11) is 1.85. The lowest BCUT2D eigenvalue weighted by Crippen LogP contribution is -2.41. The number of benzene rings is 1. The number of rotatable bonds is 5. The zero-order valence-electron chi connectivity index (χ0n) is 15.1. The molecule has 1 saturated heterocycles. The molecule has 3 rings (SSSR count). The second kappa shape index (κ2) is 9.07. The Morgan fingerprint density at radius 2 is 1.67 bits per heavy atom. The Bertz CT molecular complexity index is 511. The summed E-state index contributed by atoms with van der Waals surface area (Å²) in [5.41, 5.74) is 2.74. The normalized spacial score (nSPS) is 20.3. The number of guanidine groups is 1. The molecule has 0 radical (unpaired) electrons. The van der Waals surface area contributed by atoms with E-state index in [-0.39, 0.29) is 0 Å². The van der Waals surface area contributed by atoms with Crippen molar-refractivity contribution in [2.75, 3.05) is 20.1 Å². The second-order valence-electron chi connectivity index (χ2n) is 7.20. The molecule has 4 heteroatoms. The third kappa shape index (κ3) is 5.23. The molecule has 1 aromatic carbocycles. The molecule has 0 unspecified atom stereocenters. The van der Waals surface area contributed by atoms with Gasteiger partial charge in [-0.2, -0.15) is 0 Å². The van der Waals surface area contributed by atoms with Crippen molar-refractivity contribution < 1.29 is 0 Å². The summed E-state index contributed by atoms with van der Waals surface area (Å²) in [6.45, 7) is 4.44. The van der Waals surface area contributed by atoms with Crippen LogP contribution in [0.2, 0.25) is 0 Å². The molecule has 2 fully saturated rings. The summed E-state index contributed by atoms with van der Waals surface area (Å²) in [6.07, 6.45) is 9.33. The van der Waals surface area contributed by atoms with Crippen LogP contribution in [0.4, 0.5) is 0 Å². The monoisotopic (exact) mass is 328 g/mol. The molecule has 1 aromatic rings. The third-order valence-corrected chi connectivity index (χ3v) is 5.26. The van der Waals surface area contributed by atoms with Gasteiger partial charge in [-0.1, -0.05) is 43.5 Å². The van der Waals surface area contributed by atoms with Crippen LogP contribution in [-0.4, -0.2) is 37.0 Å². The van der Waals surface area contributed by atoms with Gasteiger partial charge in [0, 0.05) is 26.2 Å². The molecule has 2 N–H and O–H groups in total.